The maximum Gasteiger partial charge on any atom is 0.259 e. The summed E-state index contributed by atoms with van der Waals surface area (Å²) in [6.45, 7) is 0. The number of amides is 1. The van der Waals surface area contributed by atoms with E-state index in [1.165, 1.54) is 0 Å². The van der Waals surface area contributed by atoms with E-state index in [0.717, 1.165) is 5.56 Å². The molecule has 142 valence electrons. The number of nitrogens with one attached hydrogen (secondary N) is 2. The first-order valence-electron chi connectivity index (χ1n) is 8.93. The normalized spacial score (nSPS) is 11.1. The lowest BCUT2D eigenvalue weighted by Crippen LogP contribution is -2.12. The van der Waals surface area contributed by atoms with Crippen LogP contribution in [0.2, 0.25) is 5.02 Å². The van der Waals surface area contributed by atoms with Gasteiger partial charge in [0, 0.05) is 5.69 Å². The molecule has 0 atom stereocenters. The summed E-state index contributed by atoms with van der Waals surface area (Å²) in [5.74, 6) is 0.177. The topological polar surface area (TPSA) is 74.8 Å². The number of hydrogen-bond donors (Lipinski definition) is 2. The molecule has 0 radical (unpaired) electrons. The van der Waals surface area contributed by atoms with E-state index in [4.69, 9.17) is 11.6 Å². The second-order valence-corrected chi connectivity index (χ2v) is 6.77. The Hall–Kier alpha value is -3.70. The van der Waals surface area contributed by atoms with Gasteiger partial charge in [-0.15, -0.1) is 0 Å². The van der Waals surface area contributed by atoms with Gasteiger partial charge in [0.25, 0.3) is 11.5 Å². The summed E-state index contributed by atoms with van der Waals surface area (Å²) in [5, 5.41) is 3.79. The molecule has 29 heavy (non-hydrogen) atoms. The number of carbonyl (C=O) groups is 1. The standard InChI is InChI=1S/C23H16ClN3O2/c24-19-10-3-1-8-17(19)22(28)25-16-7-5-6-15(14-16)12-13-21-26-20-11-4-2-9-18(20)23(29)27-21/h1-14H,(H,25,28)(H,26,27,29). The predicted molar refractivity (Wildman–Crippen MR) is 117 cm³/mol. The summed E-state index contributed by atoms with van der Waals surface area (Å²) in [7, 11) is 0. The van der Waals surface area contributed by atoms with Gasteiger partial charge in [0.15, 0.2) is 0 Å². The highest BCUT2D eigenvalue weighted by molar-refractivity contribution is 6.34. The lowest BCUT2D eigenvalue weighted by molar-refractivity contribution is 0.102. The van der Waals surface area contributed by atoms with Crippen LogP contribution >= 0.6 is 11.6 Å². The summed E-state index contributed by atoms with van der Waals surface area (Å²) >= 11 is 6.08. The predicted octanol–water partition coefficient (Wildman–Crippen LogP) is 5.00. The molecule has 4 aromatic rings. The van der Waals surface area contributed by atoms with Crippen LogP contribution in [0.1, 0.15) is 21.7 Å². The van der Waals surface area contributed by atoms with Crippen molar-refractivity contribution in [3.63, 3.8) is 0 Å². The van der Waals surface area contributed by atoms with Crippen molar-refractivity contribution in [2.75, 3.05) is 5.32 Å². The third-order valence-electron chi connectivity index (χ3n) is 4.33. The Labute approximate surface area is 171 Å². The summed E-state index contributed by atoms with van der Waals surface area (Å²) < 4.78 is 0. The highest BCUT2D eigenvalue weighted by Gasteiger charge is 2.09. The van der Waals surface area contributed by atoms with Gasteiger partial charge in [-0.2, -0.15) is 0 Å². The molecule has 0 unspecified atom stereocenters. The maximum atomic E-state index is 12.4. The van der Waals surface area contributed by atoms with Gasteiger partial charge in [-0.1, -0.05) is 54.1 Å². The van der Waals surface area contributed by atoms with Gasteiger partial charge in [-0.05, 0) is 48.0 Å². The quantitative estimate of drug-likeness (QED) is 0.505. The third kappa shape index (κ3) is 4.25. The molecule has 0 spiro atoms. The molecular formula is C23H16ClN3O2. The largest absolute Gasteiger partial charge is 0.322 e. The molecule has 1 aromatic heterocycles. The molecule has 0 aliphatic heterocycles. The smallest absolute Gasteiger partial charge is 0.259 e. The van der Waals surface area contributed by atoms with E-state index in [1.807, 2.05) is 30.3 Å². The number of benzene rings is 3. The van der Waals surface area contributed by atoms with Crippen LogP contribution in [-0.2, 0) is 0 Å². The Bertz CT molecular complexity index is 1290. The zero-order chi connectivity index (χ0) is 20.2. The van der Waals surface area contributed by atoms with Gasteiger partial charge in [0.05, 0.1) is 21.5 Å². The second kappa shape index (κ2) is 8.12. The molecule has 0 aliphatic rings. The van der Waals surface area contributed by atoms with Gasteiger partial charge in [0.2, 0.25) is 0 Å². The molecule has 1 heterocycles. The summed E-state index contributed by atoms with van der Waals surface area (Å²) in [6.07, 6.45) is 3.54. The van der Waals surface area contributed by atoms with Crippen LogP contribution in [0.3, 0.4) is 0 Å². The second-order valence-electron chi connectivity index (χ2n) is 6.36. The van der Waals surface area contributed by atoms with Crippen LogP contribution in [0.5, 0.6) is 0 Å². The Kier molecular flexibility index (Phi) is 5.22. The van der Waals surface area contributed by atoms with Crippen molar-refractivity contribution in [3.05, 3.63) is 105 Å². The highest BCUT2D eigenvalue weighted by atomic mass is 35.5. The van der Waals surface area contributed by atoms with E-state index in [1.54, 1.807) is 54.6 Å². The number of H-pyrrole nitrogens is 1. The molecule has 0 fully saturated rings. The number of halogens is 1. The number of aromatic nitrogens is 2. The van der Waals surface area contributed by atoms with Crippen LogP contribution in [-0.4, -0.2) is 15.9 Å². The van der Waals surface area contributed by atoms with Crippen LogP contribution in [0.15, 0.2) is 77.6 Å². The fourth-order valence-electron chi connectivity index (χ4n) is 2.92. The number of nitrogens with zero attached hydrogens (tertiary/aromatic N) is 1. The number of carbonyl (C=O) groups excluding carboxylic acids is 1. The van der Waals surface area contributed by atoms with Gasteiger partial charge in [-0.25, -0.2) is 4.98 Å². The van der Waals surface area contributed by atoms with Gasteiger partial charge < -0.3 is 10.3 Å². The van der Waals surface area contributed by atoms with E-state index in [2.05, 4.69) is 15.3 Å². The Morgan fingerprint density at radius 3 is 2.62 bits per heavy atom. The third-order valence-corrected chi connectivity index (χ3v) is 4.66. The Morgan fingerprint density at radius 2 is 1.76 bits per heavy atom. The number of anilines is 1. The van der Waals surface area contributed by atoms with E-state index >= 15 is 0 Å². The molecule has 1 amide bonds. The monoisotopic (exact) mass is 401 g/mol. The van der Waals surface area contributed by atoms with E-state index in [0.29, 0.717) is 33.0 Å². The number of fused-ring (bicyclic) bond motifs is 1. The number of hydrogen-bond acceptors (Lipinski definition) is 3. The van der Waals surface area contributed by atoms with Crippen LogP contribution in [0.25, 0.3) is 23.1 Å². The van der Waals surface area contributed by atoms with E-state index in [-0.39, 0.29) is 11.5 Å². The molecule has 0 saturated carbocycles. The van der Waals surface area contributed by atoms with Gasteiger partial charge >= 0.3 is 0 Å². The van der Waals surface area contributed by atoms with Crippen LogP contribution < -0.4 is 10.9 Å². The van der Waals surface area contributed by atoms with Gasteiger partial charge in [-0.3, -0.25) is 9.59 Å². The highest BCUT2D eigenvalue weighted by Crippen LogP contribution is 2.18. The van der Waals surface area contributed by atoms with Crippen LogP contribution in [0.4, 0.5) is 5.69 Å². The minimum atomic E-state index is -0.280. The zero-order valence-corrected chi connectivity index (χ0v) is 16.0. The lowest BCUT2D eigenvalue weighted by atomic mass is 10.1. The summed E-state index contributed by atoms with van der Waals surface area (Å²) in [4.78, 5) is 31.8. The van der Waals surface area contributed by atoms with E-state index < -0.39 is 0 Å². The van der Waals surface area contributed by atoms with Crippen molar-refractivity contribution >= 4 is 46.3 Å². The number of para-hydroxylation sites is 1. The van der Waals surface area contributed by atoms with Crippen molar-refractivity contribution < 1.29 is 4.79 Å². The average Bonchev–Trinajstić information content (AvgIpc) is 2.73. The molecule has 6 heteroatoms. The first-order valence-corrected chi connectivity index (χ1v) is 9.31. The molecular weight excluding hydrogens is 386 g/mol. The average molecular weight is 402 g/mol. The minimum absolute atomic E-state index is 0.184. The molecule has 3 aromatic carbocycles. The first-order chi connectivity index (χ1) is 14.1. The fraction of sp³-hybridized carbons (Fsp3) is 0. The molecule has 4 rings (SSSR count). The van der Waals surface area contributed by atoms with Crippen molar-refractivity contribution in [1.29, 1.82) is 0 Å². The van der Waals surface area contributed by atoms with E-state index in [9.17, 15) is 9.59 Å². The Balaban J connectivity index is 1.56. The Morgan fingerprint density at radius 1 is 0.966 bits per heavy atom. The summed E-state index contributed by atoms with van der Waals surface area (Å²) in [6, 6.07) is 21.4. The molecule has 0 saturated heterocycles. The van der Waals surface area contributed by atoms with Gasteiger partial charge in [0.1, 0.15) is 5.82 Å². The SMILES string of the molecule is O=C(Nc1cccc(C=Cc2nc3ccccc3c(=O)[nH]2)c1)c1ccccc1Cl. The minimum Gasteiger partial charge on any atom is -0.322 e. The molecule has 0 bridgehead atoms. The molecule has 2 N–H and O–H groups in total. The molecule has 0 aliphatic carbocycles. The first kappa shape index (κ1) is 18.7. The summed E-state index contributed by atoms with van der Waals surface area (Å²) in [5.41, 5.74) is 2.34. The van der Waals surface area contributed by atoms with Crippen molar-refractivity contribution in [2.24, 2.45) is 0 Å². The van der Waals surface area contributed by atoms with Crippen molar-refractivity contribution in [1.82, 2.24) is 9.97 Å². The number of rotatable bonds is 4. The van der Waals surface area contributed by atoms with Crippen molar-refractivity contribution in [3.8, 4) is 0 Å². The maximum absolute atomic E-state index is 12.4. The van der Waals surface area contributed by atoms with Crippen molar-refractivity contribution in [2.45, 2.75) is 0 Å². The number of aromatic amines is 1. The fourth-order valence-corrected chi connectivity index (χ4v) is 3.14. The van der Waals surface area contributed by atoms with Crippen LogP contribution in [0, 0.1) is 0 Å². The zero-order valence-electron chi connectivity index (χ0n) is 15.2. The molecule has 5 nitrogen and oxygen atoms in total. The lowest BCUT2D eigenvalue weighted by Gasteiger charge is -2.07.